The number of likely N-dealkylation sites (N-methyl/N-ethyl adjacent to an activating group) is 1. The van der Waals surface area contributed by atoms with Crippen molar-refractivity contribution in [2.45, 2.75) is 30.6 Å². The van der Waals surface area contributed by atoms with Crippen molar-refractivity contribution in [3.05, 3.63) is 30.1 Å². The molecule has 0 bridgehead atoms. The van der Waals surface area contributed by atoms with E-state index in [1.165, 1.54) is 24.2 Å². The highest BCUT2D eigenvalue weighted by Gasteiger charge is 2.24. The summed E-state index contributed by atoms with van der Waals surface area (Å²) >= 11 is 2.11. The standard InChI is InChI=1S/C12H18N2S/c1-13-11(12-5-3-7-15-12)8-10-4-2-6-14-9-10/h2,4,6,9,11-13H,3,5,7-8H2,1H3. The van der Waals surface area contributed by atoms with Crippen LogP contribution in [0.4, 0.5) is 0 Å². The first-order chi connectivity index (χ1) is 7.40. The molecule has 1 aliphatic heterocycles. The highest BCUT2D eigenvalue weighted by Crippen LogP contribution is 2.29. The highest BCUT2D eigenvalue weighted by atomic mass is 32.2. The van der Waals surface area contributed by atoms with Gasteiger partial charge in [-0.05, 0) is 43.7 Å². The molecular formula is C12H18N2S. The van der Waals surface area contributed by atoms with Crippen LogP contribution in [0.15, 0.2) is 24.5 Å². The van der Waals surface area contributed by atoms with Gasteiger partial charge in [-0.3, -0.25) is 4.98 Å². The lowest BCUT2D eigenvalue weighted by atomic mass is 10.0. The molecule has 2 heterocycles. The summed E-state index contributed by atoms with van der Waals surface area (Å²) in [6.45, 7) is 0. The van der Waals surface area contributed by atoms with Crippen molar-refractivity contribution in [2.75, 3.05) is 12.8 Å². The average molecular weight is 222 g/mol. The lowest BCUT2D eigenvalue weighted by Gasteiger charge is -2.22. The van der Waals surface area contributed by atoms with Crippen LogP contribution < -0.4 is 5.32 Å². The second-order valence-electron chi connectivity index (χ2n) is 4.01. The van der Waals surface area contributed by atoms with Gasteiger partial charge in [-0.2, -0.15) is 11.8 Å². The average Bonchev–Trinajstić information content (AvgIpc) is 2.81. The van der Waals surface area contributed by atoms with Crippen molar-refractivity contribution >= 4 is 11.8 Å². The lowest BCUT2D eigenvalue weighted by molar-refractivity contribution is 0.523. The molecule has 3 heteroatoms. The molecule has 2 nitrogen and oxygen atoms in total. The molecule has 15 heavy (non-hydrogen) atoms. The van der Waals surface area contributed by atoms with Crippen molar-refractivity contribution in [3.63, 3.8) is 0 Å². The zero-order valence-electron chi connectivity index (χ0n) is 9.15. The summed E-state index contributed by atoms with van der Waals surface area (Å²) < 4.78 is 0. The zero-order valence-corrected chi connectivity index (χ0v) is 9.96. The first-order valence-electron chi connectivity index (χ1n) is 5.58. The fraction of sp³-hybridized carbons (Fsp3) is 0.583. The molecular weight excluding hydrogens is 204 g/mol. The van der Waals surface area contributed by atoms with Crippen molar-refractivity contribution in [2.24, 2.45) is 0 Å². The second kappa shape index (κ2) is 5.52. The van der Waals surface area contributed by atoms with Gasteiger partial charge in [-0.1, -0.05) is 6.07 Å². The summed E-state index contributed by atoms with van der Waals surface area (Å²) in [5.74, 6) is 1.33. The number of nitrogens with one attached hydrogen (secondary N) is 1. The van der Waals surface area contributed by atoms with Crippen LogP contribution in [-0.2, 0) is 6.42 Å². The Balaban J connectivity index is 1.96. The largest absolute Gasteiger partial charge is 0.316 e. The van der Waals surface area contributed by atoms with E-state index in [2.05, 4.69) is 35.2 Å². The Hall–Kier alpha value is -0.540. The summed E-state index contributed by atoms with van der Waals surface area (Å²) in [4.78, 5) is 4.16. The second-order valence-corrected chi connectivity index (χ2v) is 5.36. The molecule has 0 amide bonds. The number of aromatic nitrogens is 1. The molecule has 82 valence electrons. The van der Waals surface area contributed by atoms with Crippen molar-refractivity contribution < 1.29 is 0 Å². The minimum atomic E-state index is 0.599. The Morgan fingerprint density at radius 1 is 1.67 bits per heavy atom. The normalized spacial score (nSPS) is 22.9. The minimum absolute atomic E-state index is 0.599. The van der Waals surface area contributed by atoms with Crippen molar-refractivity contribution in [1.29, 1.82) is 0 Å². The molecule has 1 N–H and O–H groups in total. The van der Waals surface area contributed by atoms with Crippen LogP contribution in [0.2, 0.25) is 0 Å². The van der Waals surface area contributed by atoms with Gasteiger partial charge >= 0.3 is 0 Å². The van der Waals surface area contributed by atoms with Crippen molar-refractivity contribution in [1.82, 2.24) is 10.3 Å². The molecule has 0 aromatic carbocycles. The Morgan fingerprint density at radius 2 is 2.60 bits per heavy atom. The molecule has 1 saturated heterocycles. The Bertz CT molecular complexity index is 283. The van der Waals surface area contributed by atoms with Crippen LogP contribution in [-0.4, -0.2) is 29.1 Å². The van der Waals surface area contributed by atoms with Gasteiger partial charge in [0.05, 0.1) is 0 Å². The van der Waals surface area contributed by atoms with Gasteiger partial charge in [-0.15, -0.1) is 0 Å². The number of nitrogens with zero attached hydrogens (tertiary/aromatic N) is 1. The molecule has 1 aromatic heterocycles. The van der Waals surface area contributed by atoms with E-state index >= 15 is 0 Å². The van der Waals surface area contributed by atoms with E-state index < -0.39 is 0 Å². The third-order valence-electron chi connectivity index (χ3n) is 2.96. The molecule has 1 fully saturated rings. The molecule has 2 unspecified atom stereocenters. The molecule has 0 aliphatic carbocycles. The third kappa shape index (κ3) is 2.95. The summed E-state index contributed by atoms with van der Waals surface area (Å²) in [7, 11) is 2.07. The smallest absolute Gasteiger partial charge is 0.0300 e. The number of rotatable bonds is 4. The fourth-order valence-electron chi connectivity index (χ4n) is 2.11. The minimum Gasteiger partial charge on any atom is -0.316 e. The monoisotopic (exact) mass is 222 g/mol. The summed E-state index contributed by atoms with van der Waals surface area (Å²) in [6.07, 6.45) is 7.64. The molecule has 0 spiro atoms. The van der Waals surface area contributed by atoms with E-state index in [0.717, 1.165) is 11.7 Å². The van der Waals surface area contributed by atoms with Crippen LogP contribution >= 0.6 is 11.8 Å². The predicted octanol–water partition coefficient (Wildman–Crippen LogP) is 2.11. The lowest BCUT2D eigenvalue weighted by Crippen LogP contribution is -2.36. The molecule has 1 aromatic rings. The summed E-state index contributed by atoms with van der Waals surface area (Å²) in [6, 6.07) is 4.78. The van der Waals surface area contributed by atoms with Gasteiger partial charge in [0.15, 0.2) is 0 Å². The number of hydrogen-bond acceptors (Lipinski definition) is 3. The Morgan fingerprint density at radius 3 is 3.20 bits per heavy atom. The predicted molar refractivity (Wildman–Crippen MR) is 66.3 cm³/mol. The maximum absolute atomic E-state index is 4.16. The number of hydrogen-bond donors (Lipinski definition) is 1. The topological polar surface area (TPSA) is 24.9 Å². The molecule has 0 saturated carbocycles. The Kier molecular flexibility index (Phi) is 4.03. The number of thioether (sulfide) groups is 1. The van der Waals surface area contributed by atoms with E-state index in [0.29, 0.717) is 6.04 Å². The van der Waals surface area contributed by atoms with Gasteiger partial charge in [0.2, 0.25) is 0 Å². The quantitative estimate of drug-likeness (QED) is 0.844. The fourth-order valence-corrected chi connectivity index (χ4v) is 3.55. The highest BCUT2D eigenvalue weighted by molar-refractivity contribution is 8.00. The SMILES string of the molecule is CNC(Cc1cccnc1)C1CCCS1. The maximum Gasteiger partial charge on any atom is 0.0300 e. The van der Waals surface area contributed by atoms with Crippen LogP contribution in [0.1, 0.15) is 18.4 Å². The molecule has 1 aliphatic rings. The zero-order chi connectivity index (χ0) is 10.5. The van der Waals surface area contributed by atoms with E-state index in [1.807, 2.05) is 18.5 Å². The van der Waals surface area contributed by atoms with Gasteiger partial charge in [0, 0.05) is 23.7 Å². The first kappa shape index (κ1) is 11.0. The van der Waals surface area contributed by atoms with Crippen molar-refractivity contribution in [3.8, 4) is 0 Å². The number of pyridine rings is 1. The van der Waals surface area contributed by atoms with E-state index in [1.54, 1.807) is 0 Å². The Labute approximate surface area is 95.9 Å². The maximum atomic E-state index is 4.16. The summed E-state index contributed by atoms with van der Waals surface area (Å²) in [5, 5.41) is 4.23. The van der Waals surface area contributed by atoms with Crippen LogP contribution in [0.5, 0.6) is 0 Å². The van der Waals surface area contributed by atoms with Crippen LogP contribution in [0.3, 0.4) is 0 Å². The first-order valence-corrected chi connectivity index (χ1v) is 6.63. The van der Waals surface area contributed by atoms with Gasteiger partial charge in [-0.25, -0.2) is 0 Å². The van der Waals surface area contributed by atoms with Gasteiger partial charge < -0.3 is 5.32 Å². The van der Waals surface area contributed by atoms with Gasteiger partial charge in [0.25, 0.3) is 0 Å². The van der Waals surface area contributed by atoms with E-state index in [-0.39, 0.29) is 0 Å². The van der Waals surface area contributed by atoms with Crippen LogP contribution in [0.25, 0.3) is 0 Å². The molecule has 0 radical (unpaired) electrons. The summed E-state index contributed by atoms with van der Waals surface area (Å²) in [5.41, 5.74) is 1.34. The van der Waals surface area contributed by atoms with E-state index in [9.17, 15) is 0 Å². The van der Waals surface area contributed by atoms with E-state index in [4.69, 9.17) is 0 Å². The molecule has 2 atom stereocenters. The molecule has 2 rings (SSSR count). The third-order valence-corrected chi connectivity index (χ3v) is 4.48. The van der Waals surface area contributed by atoms with Crippen LogP contribution in [0, 0.1) is 0 Å². The van der Waals surface area contributed by atoms with Gasteiger partial charge in [0.1, 0.15) is 0 Å².